The lowest BCUT2D eigenvalue weighted by Gasteiger charge is -2.18. The number of anilines is 1. The molecule has 3 aliphatic heterocycles. The minimum atomic E-state index is -0.708. The van der Waals surface area contributed by atoms with Gasteiger partial charge in [-0.1, -0.05) is 18.2 Å². The SMILES string of the molecule is COc1cccc2c1CCC2Nc1nccc2cc(-c3c4c(nc(CC5COc6cc(F)ccc65)c3-c3n[nH]c(=O)o3)C3CCCN3C4=O)sc12. The van der Waals surface area contributed by atoms with Gasteiger partial charge >= 0.3 is 5.76 Å². The summed E-state index contributed by atoms with van der Waals surface area (Å²) >= 11 is 1.53. The Balaban J connectivity index is 1.15. The van der Waals surface area contributed by atoms with Crippen molar-refractivity contribution in [3.05, 3.63) is 105 Å². The Labute approximate surface area is 294 Å². The molecule has 4 aromatic heterocycles. The Morgan fingerprint density at radius 1 is 1.10 bits per heavy atom. The number of benzene rings is 2. The van der Waals surface area contributed by atoms with E-state index in [0.29, 0.717) is 47.7 Å². The molecule has 51 heavy (non-hydrogen) atoms. The van der Waals surface area contributed by atoms with Gasteiger partial charge in [-0.05, 0) is 66.5 Å². The van der Waals surface area contributed by atoms with E-state index in [-0.39, 0.29) is 35.6 Å². The standard InChI is InChI=1S/C38H31FN6O5S/c1-48-27-6-2-4-22-23(27)9-10-24(22)42-35-34-18(11-12-40-35)15-29(51-34)31-30(36-43-44-38(47)50-36)25(14-19-17-49-28-16-20(39)7-8-21(19)28)41-33-26-5-3-13-45(26)37(46)32(31)33/h2,4,6-8,11-12,15-16,19,24,26H,3,5,9-10,13-14,17H2,1H3,(H,40,42)(H,44,47). The summed E-state index contributed by atoms with van der Waals surface area (Å²) in [4.78, 5) is 39.4. The zero-order valence-electron chi connectivity index (χ0n) is 27.5. The summed E-state index contributed by atoms with van der Waals surface area (Å²) in [6.07, 6.45) is 5.71. The van der Waals surface area contributed by atoms with Crippen LogP contribution in [0.1, 0.15) is 75.7 Å². The van der Waals surface area contributed by atoms with Crippen LogP contribution in [-0.4, -0.2) is 51.2 Å². The first kappa shape index (κ1) is 30.3. The van der Waals surface area contributed by atoms with Gasteiger partial charge < -0.3 is 24.1 Å². The maximum absolute atomic E-state index is 14.3. The largest absolute Gasteiger partial charge is 0.496 e. The van der Waals surface area contributed by atoms with Gasteiger partial charge in [-0.25, -0.2) is 19.3 Å². The number of ether oxygens (including phenoxy) is 2. The van der Waals surface area contributed by atoms with Crippen molar-refractivity contribution in [2.24, 2.45) is 0 Å². The van der Waals surface area contributed by atoms with Crippen LogP contribution in [0.3, 0.4) is 0 Å². The first-order valence-corrected chi connectivity index (χ1v) is 17.9. The molecule has 13 heteroatoms. The summed E-state index contributed by atoms with van der Waals surface area (Å²) in [5.74, 6) is 0.909. The number of hydrogen-bond donors (Lipinski definition) is 2. The number of halogens is 1. The second kappa shape index (κ2) is 11.5. The number of carbonyl (C=O) groups is 1. The number of methoxy groups -OCH3 is 1. The molecule has 1 amide bonds. The number of hydrogen-bond acceptors (Lipinski definition) is 10. The van der Waals surface area contributed by atoms with Gasteiger partial charge in [0.2, 0.25) is 0 Å². The quantitative estimate of drug-likeness (QED) is 0.181. The number of nitrogens with one attached hydrogen (secondary N) is 2. The summed E-state index contributed by atoms with van der Waals surface area (Å²) in [5.41, 5.74) is 6.30. The van der Waals surface area contributed by atoms with Gasteiger partial charge in [0, 0.05) is 47.2 Å². The number of pyridine rings is 2. The Morgan fingerprint density at radius 2 is 2.02 bits per heavy atom. The average molecular weight is 703 g/mol. The maximum atomic E-state index is 14.3. The molecular weight excluding hydrogens is 672 g/mol. The Kier molecular flexibility index (Phi) is 6.82. The van der Waals surface area contributed by atoms with E-state index in [1.54, 1.807) is 19.4 Å². The van der Waals surface area contributed by atoms with Crippen LogP contribution in [0.25, 0.3) is 32.0 Å². The van der Waals surface area contributed by atoms with Gasteiger partial charge in [0.05, 0.1) is 53.0 Å². The molecule has 3 atom stereocenters. The minimum absolute atomic E-state index is 0.0585. The van der Waals surface area contributed by atoms with E-state index in [1.165, 1.54) is 34.6 Å². The smallest absolute Gasteiger partial charge is 0.434 e. The topological polar surface area (TPSA) is 135 Å². The number of rotatable bonds is 7. The third-order valence-corrected chi connectivity index (χ3v) is 11.9. The van der Waals surface area contributed by atoms with E-state index >= 15 is 0 Å². The summed E-state index contributed by atoms with van der Waals surface area (Å²) in [5, 5.41) is 11.4. The van der Waals surface area contributed by atoms with Crippen molar-refractivity contribution in [1.29, 1.82) is 0 Å². The highest BCUT2D eigenvalue weighted by Crippen LogP contribution is 2.51. The highest BCUT2D eigenvalue weighted by Gasteiger charge is 2.45. The van der Waals surface area contributed by atoms with Gasteiger partial charge in [-0.3, -0.25) is 9.78 Å². The first-order valence-electron chi connectivity index (χ1n) is 17.1. The number of amides is 1. The highest BCUT2D eigenvalue weighted by molar-refractivity contribution is 7.23. The van der Waals surface area contributed by atoms with E-state index in [1.807, 2.05) is 23.1 Å². The minimum Gasteiger partial charge on any atom is -0.496 e. The zero-order valence-corrected chi connectivity index (χ0v) is 28.3. The predicted molar refractivity (Wildman–Crippen MR) is 188 cm³/mol. The highest BCUT2D eigenvalue weighted by atomic mass is 32.1. The van der Waals surface area contributed by atoms with E-state index in [4.69, 9.17) is 23.9 Å². The number of H-pyrrole nitrogens is 1. The van der Waals surface area contributed by atoms with Gasteiger partial charge in [-0.15, -0.1) is 16.4 Å². The van der Waals surface area contributed by atoms with Crippen LogP contribution in [0.15, 0.2) is 63.9 Å². The number of fused-ring (bicyclic) bond motifs is 6. The second-order valence-corrected chi connectivity index (χ2v) is 14.5. The van der Waals surface area contributed by atoms with Crippen molar-refractivity contribution in [2.75, 3.05) is 25.6 Å². The van der Waals surface area contributed by atoms with Crippen molar-refractivity contribution >= 4 is 33.1 Å². The van der Waals surface area contributed by atoms with Crippen molar-refractivity contribution in [3.8, 4) is 33.4 Å². The number of carbonyl (C=O) groups excluding carboxylic acids is 1. The van der Waals surface area contributed by atoms with Crippen molar-refractivity contribution in [1.82, 2.24) is 25.1 Å². The molecule has 1 saturated heterocycles. The van der Waals surface area contributed by atoms with Crippen LogP contribution in [0, 0.1) is 5.82 Å². The molecule has 11 nitrogen and oxygen atoms in total. The molecule has 10 rings (SSSR count). The molecule has 0 saturated carbocycles. The Morgan fingerprint density at radius 3 is 2.88 bits per heavy atom. The molecule has 6 aromatic rings. The van der Waals surface area contributed by atoms with E-state index in [9.17, 15) is 14.0 Å². The third-order valence-electron chi connectivity index (χ3n) is 10.7. The lowest BCUT2D eigenvalue weighted by atomic mass is 9.89. The number of thiophene rings is 1. The molecule has 4 aliphatic rings. The lowest BCUT2D eigenvalue weighted by Crippen LogP contribution is -2.22. The van der Waals surface area contributed by atoms with Crippen LogP contribution >= 0.6 is 11.3 Å². The van der Waals surface area contributed by atoms with Gasteiger partial charge in [0.15, 0.2) is 0 Å². The summed E-state index contributed by atoms with van der Waals surface area (Å²) in [7, 11) is 1.70. The lowest BCUT2D eigenvalue weighted by molar-refractivity contribution is 0.0776. The second-order valence-electron chi connectivity index (χ2n) is 13.5. The molecule has 1 aliphatic carbocycles. The zero-order chi connectivity index (χ0) is 34.4. The molecule has 3 unspecified atom stereocenters. The third kappa shape index (κ3) is 4.70. The molecule has 256 valence electrons. The molecule has 2 aromatic carbocycles. The van der Waals surface area contributed by atoms with E-state index in [0.717, 1.165) is 63.5 Å². The molecule has 2 N–H and O–H groups in total. The Bertz CT molecular complexity index is 2470. The van der Waals surface area contributed by atoms with Crippen molar-refractivity contribution in [2.45, 2.75) is 50.1 Å². The van der Waals surface area contributed by atoms with Crippen LogP contribution in [0.5, 0.6) is 11.5 Å². The molecule has 0 spiro atoms. The number of aromatic nitrogens is 4. The Hall–Kier alpha value is -5.56. The maximum Gasteiger partial charge on any atom is 0.434 e. The van der Waals surface area contributed by atoms with Crippen LogP contribution in [0.4, 0.5) is 10.2 Å². The van der Waals surface area contributed by atoms with Crippen molar-refractivity contribution in [3.63, 3.8) is 0 Å². The molecule has 1 fully saturated rings. The van der Waals surface area contributed by atoms with Gasteiger partial charge in [0.25, 0.3) is 11.8 Å². The molecule has 0 bridgehead atoms. The first-order chi connectivity index (χ1) is 24.9. The average Bonchev–Trinajstić information content (AvgIpc) is 3.99. The molecular formula is C38H31FN6O5S. The fourth-order valence-corrected chi connectivity index (χ4v) is 9.65. The van der Waals surface area contributed by atoms with E-state index < -0.39 is 5.76 Å². The normalized spacial score (nSPS) is 20.0. The predicted octanol–water partition coefficient (Wildman–Crippen LogP) is 6.96. The summed E-state index contributed by atoms with van der Waals surface area (Å²) in [6.45, 7) is 0.986. The van der Waals surface area contributed by atoms with Gasteiger partial charge in [-0.2, -0.15) is 0 Å². The molecule has 7 heterocycles. The number of nitrogens with zero attached hydrogens (tertiary/aromatic N) is 4. The fraction of sp³-hybridized carbons (Fsp3) is 0.289. The number of aromatic amines is 1. The monoisotopic (exact) mass is 702 g/mol. The van der Waals surface area contributed by atoms with Crippen LogP contribution in [0.2, 0.25) is 0 Å². The summed E-state index contributed by atoms with van der Waals surface area (Å²) < 4.78 is 32.2. The molecule has 0 radical (unpaired) electrons. The van der Waals surface area contributed by atoms with E-state index in [2.05, 4.69) is 27.6 Å². The van der Waals surface area contributed by atoms with Crippen LogP contribution in [-0.2, 0) is 12.8 Å². The fourth-order valence-electron chi connectivity index (χ4n) is 8.48. The van der Waals surface area contributed by atoms with Gasteiger partial charge in [0.1, 0.15) is 23.1 Å². The summed E-state index contributed by atoms with van der Waals surface area (Å²) in [6, 6.07) is 14.7. The van der Waals surface area contributed by atoms with Crippen molar-refractivity contribution < 1.29 is 23.1 Å². The van der Waals surface area contributed by atoms with Crippen LogP contribution < -0.4 is 20.5 Å².